The lowest BCUT2D eigenvalue weighted by Crippen LogP contribution is -2.58. The van der Waals surface area contributed by atoms with E-state index in [0.29, 0.717) is 12.3 Å². The van der Waals surface area contributed by atoms with Crippen LogP contribution < -0.4 is 22.3 Å². The van der Waals surface area contributed by atoms with Crippen LogP contribution in [0.3, 0.4) is 0 Å². The molecule has 1 atom stereocenters. The molecule has 0 bridgehead atoms. The van der Waals surface area contributed by atoms with Gasteiger partial charge in [0.2, 0.25) is 0 Å². The highest BCUT2D eigenvalue weighted by atomic mass is 16.2. The van der Waals surface area contributed by atoms with Gasteiger partial charge in [0.15, 0.2) is 0 Å². The molecule has 6 N–H and O–H groups in total. The fourth-order valence-electron chi connectivity index (χ4n) is 3.27. The van der Waals surface area contributed by atoms with Crippen LogP contribution in [0.25, 0.3) is 0 Å². The SMILES string of the molecule is CC1(C)CC(CC(N)C(=O)NN)CC(C)(C)N1. The van der Waals surface area contributed by atoms with Crippen molar-refractivity contribution in [2.75, 3.05) is 0 Å². The summed E-state index contributed by atoms with van der Waals surface area (Å²) < 4.78 is 0. The number of nitrogens with two attached hydrogens (primary N) is 2. The monoisotopic (exact) mass is 242 g/mol. The van der Waals surface area contributed by atoms with Crippen molar-refractivity contribution in [3.8, 4) is 0 Å². The molecule has 1 saturated heterocycles. The minimum Gasteiger partial charge on any atom is -0.320 e. The van der Waals surface area contributed by atoms with Crippen molar-refractivity contribution in [1.29, 1.82) is 0 Å². The normalized spacial score (nSPS) is 25.3. The van der Waals surface area contributed by atoms with E-state index >= 15 is 0 Å². The summed E-state index contributed by atoms with van der Waals surface area (Å²) in [6.07, 6.45) is 2.75. The van der Waals surface area contributed by atoms with Crippen molar-refractivity contribution in [1.82, 2.24) is 10.7 Å². The molecule has 1 amide bonds. The van der Waals surface area contributed by atoms with Gasteiger partial charge >= 0.3 is 0 Å². The topological polar surface area (TPSA) is 93.2 Å². The molecule has 0 aromatic rings. The van der Waals surface area contributed by atoms with Crippen LogP contribution in [0, 0.1) is 5.92 Å². The zero-order valence-electron chi connectivity index (χ0n) is 11.3. The van der Waals surface area contributed by atoms with Gasteiger partial charge < -0.3 is 11.1 Å². The standard InChI is InChI=1S/C12H26N4O/c1-11(2)6-8(7-12(3,4)16-11)5-9(13)10(17)15-14/h8-9,16H,5-7,13-14H2,1-4H3,(H,15,17). The van der Waals surface area contributed by atoms with Crippen LogP contribution in [0.15, 0.2) is 0 Å². The number of hydrazine groups is 1. The van der Waals surface area contributed by atoms with Gasteiger partial charge in [0.05, 0.1) is 6.04 Å². The molecular formula is C12H26N4O. The maximum atomic E-state index is 11.3. The fourth-order valence-corrected chi connectivity index (χ4v) is 3.27. The van der Waals surface area contributed by atoms with Crippen molar-refractivity contribution in [2.24, 2.45) is 17.5 Å². The Kier molecular flexibility index (Phi) is 4.17. The zero-order valence-corrected chi connectivity index (χ0v) is 11.3. The number of hydrogen-bond donors (Lipinski definition) is 4. The van der Waals surface area contributed by atoms with Crippen LogP contribution in [0.5, 0.6) is 0 Å². The van der Waals surface area contributed by atoms with Crippen LogP contribution >= 0.6 is 0 Å². The third kappa shape index (κ3) is 4.26. The van der Waals surface area contributed by atoms with Crippen LogP contribution in [-0.4, -0.2) is 23.0 Å². The van der Waals surface area contributed by atoms with E-state index in [-0.39, 0.29) is 17.0 Å². The minimum atomic E-state index is -0.505. The summed E-state index contributed by atoms with van der Waals surface area (Å²) in [5, 5.41) is 3.61. The number of carbonyl (C=O) groups excluding carboxylic acids is 1. The summed E-state index contributed by atoms with van der Waals surface area (Å²) in [5.74, 6) is 5.27. The highest BCUT2D eigenvalue weighted by molar-refractivity contribution is 5.80. The maximum absolute atomic E-state index is 11.3. The second kappa shape index (κ2) is 4.92. The van der Waals surface area contributed by atoms with Gasteiger partial charge in [0.25, 0.3) is 5.91 Å². The first-order chi connectivity index (χ1) is 7.65. The third-order valence-corrected chi connectivity index (χ3v) is 3.34. The van der Waals surface area contributed by atoms with Crippen LogP contribution in [0.4, 0.5) is 0 Å². The molecule has 0 spiro atoms. The Hall–Kier alpha value is -0.650. The van der Waals surface area contributed by atoms with Gasteiger partial charge in [-0.05, 0) is 52.9 Å². The molecule has 1 aliphatic rings. The number of amides is 1. The molecular weight excluding hydrogens is 216 g/mol. The van der Waals surface area contributed by atoms with Crippen molar-refractivity contribution < 1.29 is 4.79 Å². The molecule has 5 heteroatoms. The Morgan fingerprint density at radius 3 is 2.24 bits per heavy atom. The van der Waals surface area contributed by atoms with E-state index in [0.717, 1.165) is 12.8 Å². The average Bonchev–Trinajstić information content (AvgIpc) is 2.11. The van der Waals surface area contributed by atoms with E-state index in [1.54, 1.807) is 0 Å². The molecule has 1 aliphatic heterocycles. The predicted molar refractivity (Wildman–Crippen MR) is 68.9 cm³/mol. The highest BCUT2D eigenvalue weighted by Gasteiger charge is 2.38. The maximum Gasteiger partial charge on any atom is 0.250 e. The summed E-state index contributed by atoms with van der Waals surface area (Å²) in [6, 6.07) is -0.505. The van der Waals surface area contributed by atoms with Crippen molar-refractivity contribution in [2.45, 2.75) is 64.1 Å². The minimum absolute atomic E-state index is 0.0886. The lowest BCUT2D eigenvalue weighted by molar-refractivity contribution is -0.123. The molecule has 0 aliphatic carbocycles. The molecule has 1 fully saturated rings. The van der Waals surface area contributed by atoms with E-state index in [2.05, 4.69) is 38.4 Å². The van der Waals surface area contributed by atoms with Crippen LogP contribution in [-0.2, 0) is 4.79 Å². The lowest BCUT2D eigenvalue weighted by Gasteiger charge is -2.47. The Bertz CT molecular complexity index is 272. The second-order valence-corrected chi connectivity index (χ2v) is 6.52. The summed E-state index contributed by atoms with van der Waals surface area (Å²) in [5.41, 5.74) is 8.12. The highest BCUT2D eigenvalue weighted by Crippen LogP contribution is 2.34. The summed E-state index contributed by atoms with van der Waals surface area (Å²) in [6.45, 7) is 8.76. The number of hydrogen-bond acceptors (Lipinski definition) is 4. The summed E-state index contributed by atoms with van der Waals surface area (Å²) in [4.78, 5) is 11.3. The number of rotatable bonds is 3. The van der Waals surface area contributed by atoms with Crippen molar-refractivity contribution >= 4 is 5.91 Å². The quantitative estimate of drug-likeness (QED) is 0.324. The van der Waals surface area contributed by atoms with Crippen LogP contribution in [0.2, 0.25) is 0 Å². The summed E-state index contributed by atoms with van der Waals surface area (Å²) in [7, 11) is 0. The molecule has 1 heterocycles. The molecule has 100 valence electrons. The molecule has 17 heavy (non-hydrogen) atoms. The molecule has 0 saturated carbocycles. The first kappa shape index (κ1) is 14.4. The first-order valence-electron chi connectivity index (χ1n) is 6.20. The average molecular weight is 242 g/mol. The second-order valence-electron chi connectivity index (χ2n) is 6.52. The van der Waals surface area contributed by atoms with E-state index in [9.17, 15) is 4.79 Å². The van der Waals surface area contributed by atoms with E-state index in [1.165, 1.54) is 0 Å². The number of carbonyl (C=O) groups is 1. The molecule has 0 aromatic heterocycles. The van der Waals surface area contributed by atoms with Gasteiger partial charge in [0, 0.05) is 11.1 Å². The smallest absolute Gasteiger partial charge is 0.250 e. The van der Waals surface area contributed by atoms with E-state index in [4.69, 9.17) is 11.6 Å². The van der Waals surface area contributed by atoms with Gasteiger partial charge in [-0.3, -0.25) is 10.2 Å². The number of piperidine rings is 1. The van der Waals surface area contributed by atoms with Gasteiger partial charge in [-0.15, -0.1) is 0 Å². The molecule has 1 rings (SSSR count). The van der Waals surface area contributed by atoms with Crippen molar-refractivity contribution in [3.63, 3.8) is 0 Å². The van der Waals surface area contributed by atoms with Crippen molar-refractivity contribution in [3.05, 3.63) is 0 Å². The van der Waals surface area contributed by atoms with E-state index < -0.39 is 6.04 Å². The number of nitrogens with one attached hydrogen (secondary N) is 2. The molecule has 0 radical (unpaired) electrons. The first-order valence-corrected chi connectivity index (χ1v) is 6.20. The Morgan fingerprint density at radius 2 is 1.82 bits per heavy atom. The predicted octanol–water partition coefficient (Wildman–Crippen LogP) is 0.251. The summed E-state index contributed by atoms with van der Waals surface area (Å²) >= 11 is 0. The Morgan fingerprint density at radius 1 is 1.35 bits per heavy atom. The fraction of sp³-hybridized carbons (Fsp3) is 0.917. The zero-order chi connectivity index (χ0) is 13.3. The van der Waals surface area contributed by atoms with Gasteiger partial charge in [-0.1, -0.05) is 0 Å². The van der Waals surface area contributed by atoms with Gasteiger partial charge in [-0.2, -0.15) is 0 Å². The third-order valence-electron chi connectivity index (χ3n) is 3.34. The Labute approximate surface area is 104 Å². The largest absolute Gasteiger partial charge is 0.320 e. The van der Waals surface area contributed by atoms with Gasteiger partial charge in [-0.25, -0.2) is 5.84 Å². The molecule has 0 aromatic carbocycles. The molecule has 1 unspecified atom stereocenters. The molecule has 5 nitrogen and oxygen atoms in total. The lowest BCUT2D eigenvalue weighted by atomic mass is 9.74. The van der Waals surface area contributed by atoms with Gasteiger partial charge in [0.1, 0.15) is 0 Å². The van der Waals surface area contributed by atoms with Crippen LogP contribution in [0.1, 0.15) is 47.0 Å². The van der Waals surface area contributed by atoms with E-state index in [1.807, 2.05) is 0 Å². The Balaban J connectivity index is 2.62.